The third kappa shape index (κ3) is 4.74. The lowest BCUT2D eigenvalue weighted by molar-refractivity contribution is -0.135. The standard InChI is InChI=1S/C25H38N2O3/c28-22(25(30)14-7-2-8-15-25)17-26-18-23(29)27-16-13-19-9-5-6-12-21(19)24(27)20-10-3-1-4-11-20/h5-6,9,12,20,22,24,26,28,30H,1-4,7-8,10-11,13-18H2. The van der Waals surface area contributed by atoms with Crippen LogP contribution >= 0.6 is 0 Å². The molecule has 1 aromatic carbocycles. The molecule has 4 rings (SSSR count). The van der Waals surface area contributed by atoms with Crippen LogP contribution in [0.25, 0.3) is 0 Å². The Bertz CT molecular complexity index is 710. The molecule has 166 valence electrons. The van der Waals surface area contributed by atoms with Crippen LogP contribution in [0.1, 0.15) is 81.4 Å². The summed E-state index contributed by atoms with van der Waals surface area (Å²) in [6.07, 6.45) is 10.7. The molecular weight excluding hydrogens is 376 g/mol. The zero-order valence-electron chi connectivity index (χ0n) is 18.2. The average molecular weight is 415 g/mol. The number of rotatable bonds is 6. The minimum Gasteiger partial charge on any atom is -0.389 e. The Morgan fingerprint density at radius 1 is 1.10 bits per heavy atom. The maximum absolute atomic E-state index is 13.2. The van der Waals surface area contributed by atoms with Gasteiger partial charge >= 0.3 is 0 Å². The molecule has 1 aromatic rings. The fraction of sp³-hybridized carbons (Fsp3) is 0.720. The number of carbonyl (C=O) groups is 1. The highest BCUT2D eigenvalue weighted by Gasteiger charge is 2.38. The van der Waals surface area contributed by atoms with Gasteiger partial charge in [-0.05, 0) is 49.1 Å². The van der Waals surface area contributed by atoms with E-state index in [1.165, 1.54) is 43.2 Å². The van der Waals surface area contributed by atoms with Crippen LogP contribution in [0.3, 0.4) is 0 Å². The van der Waals surface area contributed by atoms with E-state index in [4.69, 9.17) is 0 Å². The molecular formula is C25H38N2O3. The third-order valence-corrected chi connectivity index (χ3v) is 7.70. The molecule has 0 bridgehead atoms. The van der Waals surface area contributed by atoms with Gasteiger partial charge in [-0.3, -0.25) is 4.79 Å². The second-order valence-corrected chi connectivity index (χ2v) is 9.69. The van der Waals surface area contributed by atoms with Gasteiger partial charge in [0.25, 0.3) is 0 Å². The first-order chi connectivity index (χ1) is 14.6. The molecule has 2 saturated carbocycles. The molecule has 30 heavy (non-hydrogen) atoms. The van der Waals surface area contributed by atoms with Crippen molar-refractivity contribution >= 4 is 5.91 Å². The van der Waals surface area contributed by atoms with Gasteiger partial charge in [-0.15, -0.1) is 0 Å². The summed E-state index contributed by atoms with van der Waals surface area (Å²) in [5.41, 5.74) is 1.73. The molecule has 1 heterocycles. The van der Waals surface area contributed by atoms with E-state index in [1.54, 1.807) is 0 Å². The molecule has 2 atom stereocenters. The summed E-state index contributed by atoms with van der Waals surface area (Å²) in [7, 11) is 0. The minimum atomic E-state index is -0.997. The highest BCUT2D eigenvalue weighted by atomic mass is 16.3. The van der Waals surface area contributed by atoms with E-state index in [1.807, 2.05) is 0 Å². The number of fused-ring (bicyclic) bond motifs is 1. The Balaban J connectivity index is 1.39. The predicted octanol–water partition coefficient (Wildman–Crippen LogP) is 3.34. The number of amides is 1. The van der Waals surface area contributed by atoms with Crippen molar-refractivity contribution in [3.63, 3.8) is 0 Å². The molecule has 0 aromatic heterocycles. The highest BCUT2D eigenvalue weighted by molar-refractivity contribution is 5.79. The van der Waals surface area contributed by atoms with Crippen molar-refractivity contribution < 1.29 is 15.0 Å². The van der Waals surface area contributed by atoms with Crippen molar-refractivity contribution in [2.75, 3.05) is 19.6 Å². The van der Waals surface area contributed by atoms with Crippen molar-refractivity contribution in [2.24, 2.45) is 5.92 Å². The summed E-state index contributed by atoms with van der Waals surface area (Å²) in [5, 5.41) is 24.3. The lowest BCUT2D eigenvalue weighted by atomic mass is 9.77. The zero-order valence-corrected chi connectivity index (χ0v) is 18.2. The number of nitrogens with one attached hydrogen (secondary N) is 1. The first kappa shape index (κ1) is 21.8. The van der Waals surface area contributed by atoms with Gasteiger partial charge in [-0.1, -0.05) is 62.8 Å². The van der Waals surface area contributed by atoms with E-state index in [0.717, 1.165) is 32.2 Å². The van der Waals surface area contributed by atoms with Gasteiger partial charge in [0.1, 0.15) is 0 Å². The number of carbonyl (C=O) groups excluding carboxylic acids is 1. The smallest absolute Gasteiger partial charge is 0.237 e. The van der Waals surface area contributed by atoms with E-state index >= 15 is 0 Å². The second-order valence-electron chi connectivity index (χ2n) is 9.69. The Morgan fingerprint density at radius 2 is 1.80 bits per heavy atom. The molecule has 0 radical (unpaired) electrons. The van der Waals surface area contributed by atoms with Crippen LogP contribution < -0.4 is 5.32 Å². The van der Waals surface area contributed by atoms with Crippen LogP contribution in [0.5, 0.6) is 0 Å². The van der Waals surface area contributed by atoms with Crippen molar-refractivity contribution in [2.45, 2.75) is 88.4 Å². The predicted molar refractivity (Wildman–Crippen MR) is 118 cm³/mol. The molecule has 5 heteroatoms. The first-order valence-electron chi connectivity index (χ1n) is 12.1. The van der Waals surface area contributed by atoms with E-state index in [2.05, 4.69) is 34.5 Å². The Labute approximate surface area is 180 Å². The van der Waals surface area contributed by atoms with Crippen molar-refractivity contribution in [3.05, 3.63) is 35.4 Å². The summed E-state index contributed by atoms with van der Waals surface area (Å²) >= 11 is 0. The molecule has 1 aliphatic heterocycles. The number of hydrogen-bond donors (Lipinski definition) is 3. The summed E-state index contributed by atoms with van der Waals surface area (Å²) in [6, 6.07) is 8.81. The summed E-state index contributed by atoms with van der Waals surface area (Å²) in [6.45, 7) is 1.25. The van der Waals surface area contributed by atoms with E-state index in [-0.39, 0.29) is 25.0 Å². The number of hydrogen-bond acceptors (Lipinski definition) is 4. The lowest BCUT2D eigenvalue weighted by Crippen LogP contribution is -2.51. The molecule has 3 N–H and O–H groups in total. The third-order valence-electron chi connectivity index (χ3n) is 7.70. The fourth-order valence-corrected chi connectivity index (χ4v) is 5.94. The highest BCUT2D eigenvalue weighted by Crippen LogP contribution is 2.42. The molecule has 2 aliphatic carbocycles. The molecule has 2 unspecified atom stereocenters. The van der Waals surface area contributed by atoms with Crippen LogP contribution in [0.2, 0.25) is 0 Å². The van der Waals surface area contributed by atoms with Gasteiger partial charge in [-0.25, -0.2) is 0 Å². The quantitative estimate of drug-likeness (QED) is 0.668. The Morgan fingerprint density at radius 3 is 2.57 bits per heavy atom. The molecule has 5 nitrogen and oxygen atoms in total. The molecule has 1 amide bonds. The number of nitrogens with zero attached hydrogens (tertiary/aromatic N) is 1. The van der Waals surface area contributed by atoms with E-state index in [9.17, 15) is 15.0 Å². The molecule has 0 spiro atoms. The van der Waals surface area contributed by atoms with Crippen LogP contribution in [-0.2, 0) is 11.2 Å². The van der Waals surface area contributed by atoms with Gasteiger partial charge < -0.3 is 20.4 Å². The van der Waals surface area contributed by atoms with Crippen LogP contribution in [0.15, 0.2) is 24.3 Å². The first-order valence-corrected chi connectivity index (χ1v) is 12.1. The lowest BCUT2D eigenvalue weighted by Gasteiger charge is -2.43. The van der Waals surface area contributed by atoms with E-state index in [0.29, 0.717) is 18.8 Å². The number of aliphatic hydroxyl groups is 2. The van der Waals surface area contributed by atoms with Crippen LogP contribution in [0.4, 0.5) is 0 Å². The van der Waals surface area contributed by atoms with Gasteiger partial charge in [0.05, 0.1) is 24.3 Å². The number of aliphatic hydroxyl groups excluding tert-OH is 1. The van der Waals surface area contributed by atoms with Crippen molar-refractivity contribution in [1.82, 2.24) is 10.2 Å². The molecule has 2 fully saturated rings. The van der Waals surface area contributed by atoms with Crippen molar-refractivity contribution in [1.29, 1.82) is 0 Å². The van der Waals surface area contributed by atoms with E-state index < -0.39 is 11.7 Å². The minimum absolute atomic E-state index is 0.114. The molecule has 3 aliphatic rings. The van der Waals surface area contributed by atoms with Gasteiger partial charge in [0, 0.05) is 13.1 Å². The maximum atomic E-state index is 13.2. The largest absolute Gasteiger partial charge is 0.389 e. The van der Waals surface area contributed by atoms with Crippen molar-refractivity contribution in [3.8, 4) is 0 Å². The number of benzene rings is 1. The Hall–Kier alpha value is -1.43. The van der Waals surface area contributed by atoms with Crippen LogP contribution in [0, 0.1) is 5.92 Å². The molecule has 0 saturated heterocycles. The maximum Gasteiger partial charge on any atom is 0.237 e. The van der Waals surface area contributed by atoms with Gasteiger partial charge in [-0.2, -0.15) is 0 Å². The summed E-state index contributed by atoms with van der Waals surface area (Å²) in [5.74, 6) is 0.653. The average Bonchev–Trinajstić information content (AvgIpc) is 2.79. The topological polar surface area (TPSA) is 72.8 Å². The van der Waals surface area contributed by atoms with Gasteiger partial charge in [0.15, 0.2) is 0 Å². The second kappa shape index (κ2) is 9.80. The Kier molecular flexibility index (Phi) is 7.12. The summed E-state index contributed by atoms with van der Waals surface area (Å²) < 4.78 is 0. The fourth-order valence-electron chi connectivity index (χ4n) is 5.94. The SMILES string of the molecule is O=C(CNCC(O)C1(O)CCCCC1)N1CCc2ccccc2C1C1CCCCC1. The van der Waals surface area contributed by atoms with Crippen LogP contribution in [-0.4, -0.2) is 52.4 Å². The van der Waals surface area contributed by atoms with Gasteiger partial charge in [0.2, 0.25) is 5.91 Å². The summed E-state index contributed by atoms with van der Waals surface area (Å²) in [4.78, 5) is 15.3. The zero-order chi connectivity index (χ0) is 21.0. The normalized spacial score (nSPS) is 25.5. The monoisotopic (exact) mass is 414 g/mol.